The van der Waals surface area contributed by atoms with E-state index in [4.69, 9.17) is 9.47 Å². The van der Waals surface area contributed by atoms with Gasteiger partial charge in [-0.1, -0.05) is 19.1 Å². The van der Waals surface area contributed by atoms with E-state index < -0.39 is 0 Å². The number of para-hydroxylation sites is 1. The second-order valence-electron chi connectivity index (χ2n) is 4.21. The number of hydrogen-bond donors (Lipinski definition) is 1. The van der Waals surface area contributed by atoms with Gasteiger partial charge >= 0.3 is 0 Å². The lowest BCUT2D eigenvalue weighted by molar-refractivity contribution is 0.283. The predicted octanol–water partition coefficient (Wildman–Crippen LogP) is 4.21. The van der Waals surface area contributed by atoms with Crippen LogP contribution in [0.5, 0.6) is 11.5 Å². The first-order valence-electron chi connectivity index (χ1n) is 6.47. The van der Waals surface area contributed by atoms with Crippen molar-refractivity contribution in [3.8, 4) is 11.5 Å². The lowest BCUT2D eigenvalue weighted by atomic mass is 10.2. The van der Waals surface area contributed by atoms with Crippen LogP contribution in [0.3, 0.4) is 0 Å². The first-order valence-corrected chi connectivity index (χ1v) is 8.14. The largest absolute Gasteiger partial charge is 0.493 e. The summed E-state index contributed by atoms with van der Waals surface area (Å²) in [6.07, 6.45) is 0. The molecule has 0 atom stereocenters. The van der Waals surface area contributed by atoms with Gasteiger partial charge in [0.2, 0.25) is 0 Å². The maximum atomic E-state index is 6.00. The molecular formula is C15H18BrNO2S. The van der Waals surface area contributed by atoms with Crippen LogP contribution >= 0.6 is 27.3 Å². The minimum atomic E-state index is 0.539. The number of methoxy groups -OCH3 is 1. The molecule has 1 heterocycles. The number of thiophene rings is 1. The van der Waals surface area contributed by atoms with Crippen LogP contribution in [0, 0.1) is 0 Å². The first kappa shape index (κ1) is 15.4. The summed E-state index contributed by atoms with van der Waals surface area (Å²) in [6, 6.07) is 8.00. The van der Waals surface area contributed by atoms with Crippen molar-refractivity contribution >= 4 is 27.3 Å². The molecule has 0 unspecified atom stereocenters. The van der Waals surface area contributed by atoms with Crippen molar-refractivity contribution in [1.82, 2.24) is 5.32 Å². The Hall–Kier alpha value is -1.04. The molecule has 1 aromatic carbocycles. The quantitative estimate of drug-likeness (QED) is 0.806. The zero-order chi connectivity index (χ0) is 14.4. The van der Waals surface area contributed by atoms with Crippen LogP contribution in [0.15, 0.2) is 34.1 Å². The topological polar surface area (TPSA) is 30.5 Å². The number of rotatable bonds is 7. The van der Waals surface area contributed by atoms with Gasteiger partial charge in [-0.3, -0.25) is 0 Å². The number of benzene rings is 1. The molecule has 5 heteroatoms. The molecule has 0 amide bonds. The molecule has 2 rings (SSSR count). The van der Waals surface area contributed by atoms with Crippen LogP contribution in [0.25, 0.3) is 0 Å². The van der Waals surface area contributed by atoms with Gasteiger partial charge in [0.15, 0.2) is 11.5 Å². The second kappa shape index (κ2) is 7.67. The molecule has 1 aromatic heterocycles. The molecule has 3 nitrogen and oxygen atoms in total. The van der Waals surface area contributed by atoms with Crippen molar-refractivity contribution in [1.29, 1.82) is 0 Å². The van der Waals surface area contributed by atoms with Crippen LogP contribution in [-0.2, 0) is 13.2 Å². The molecule has 0 radical (unpaired) electrons. The first-order chi connectivity index (χ1) is 9.76. The summed E-state index contributed by atoms with van der Waals surface area (Å²) in [6.45, 7) is 4.32. The van der Waals surface area contributed by atoms with Crippen LogP contribution < -0.4 is 14.8 Å². The maximum absolute atomic E-state index is 6.00. The molecule has 0 aliphatic rings. The molecule has 0 bridgehead atoms. The van der Waals surface area contributed by atoms with Crippen molar-refractivity contribution in [3.05, 3.63) is 44.6 Å². The Bertz CT molecular complexity index is 557. The Balaban J connectivity index is 2.17. The predicted molar refractivity (Wildman–Crippen MR) is 86.7 cm³/mol. The SMILES string of the molecule is CCNCc1cccc(OC)c1OCc1sccc1Br. The number of ether oxygens (including phenoxy) is 2. The zero-order valence-corrected chi connectivity index (χ0v) is 14.0. The van der Waals surface area contributed by atoms with E-state index in [-0.39, 0.29) is 0 Å². The average Bonchev–Trinajstić information content (AvgIpc) is 2.88. The van der Waals surface area contributed by atoms with Crippen LogP contribution in [0.1, 0.15) is 17.4 Å². The summed E-state index contributed by atoms with van der Waals surface area (Å²) in [5, 5.41) is 5.36. The summed E-state index contributed by atoms with van der Waals surface area (Å²) in [5.41, 5.74) is 1.11. The normalized spacial score (nSPS) is 10.6. The smallest absolute Gasteiger partial charge is 0.166 e. The third kappa shape index (κ3) is 3.75. The van der Waals surface area contributed by atoms with Gasteiger partial charge in [-0.2, -0.15) is 0 Å². The highest BCUT2D eigenvalue weighted by Crippen LogP contribution is 2.33. The van der Waals surface area contributed by atoms with Crippen LogP contribution in [0.4, 0.5) is 0 Å². The lowest BCUT2D eigenvalue weighted by Crippen LogP contribution is -2.13. The molecule has 0 saturated heterocycles. The maximum Gasteiger partial charge on any atom is 0.166 e. The third-order valence-electron chi connectivity index (χ3n) is 2.88. The highest BCUT2D eigenvalue weighted by Gasteiger charge is 2.11. The van der Waals surface area contributed by atoms with E-state index in [2.05, 4.69) is 34.2 Å². The number of nitrogens with one attached hydrogen (secondary N) is 1. The molecular weight excluding hydrogens is 338 g/mol. The zero-order valence-electron chi connectivity index (χ0n) is 11.6. The van der Waals surface area contributed by atoms with Crippen molar-refractivity contribution in [2.45, 2.75) is 20.1 Å². The van der Waals surface area contributed by atoms with E-state index in [0.717, 1.165) is 34.6 Å². The monoisotopic (exact) mass is 355 g/mol. The van der Waals surface area contributed by atoms with Gasteiger partial charge in [-0.15, -0.1) is 11.3 Å². The fraction of sp³-hybridized carbons (Fsp3) is 0.333. The van der Waals surface area contributed by atoms with Crippen molar-refractivity contribution in [2.75, 3.05) is 13.7 Å². The minimum absolute atomic E-state index is 0.539. The highest BCUT2D eigenvalue weighted by molar-refractivity contribution is 9.10. The summed E-state index contributed by atoms with van der Waals surface area (Å²) >= 11 is 5.20. The van der Waals surface area contributed by atoms with E-state index >= 15 is 0 Å². The Labute approximate surface area is 132 Å². The van der Waals surface area contributed by atoms with Gasteiger partial charge in [-0.25, -0.2) is 0 Å². The van der Waals surface area contributed by atoms with Gasteiger partial charge in [0, 0.05) is 16.6 Å². The number of hydrogen-bond acceptors (Lipinski definition) is 4. The summed E-state index contributed by atoms with van der Waals surface area (Å²) in [7, 11) is 1.67. The van der Waals surface area contributed by atoms with E-state index in [1.54, 1.807) is 18.4 Å². The molecule has 0 aliphatic heterocycles. The lowest BCUT2D eigenvalue weighted by Gasteiger charge is -2.15. The fourth-order valence-electron chi connectivity index (χ4n) is 1.85. The van der Waals surface area contributed by atoms with Gasteiger partial charge in [0.05, 0.1) is 12.0 Å². The second-order valence-corrected chi connectivity index (χ2v) is 6.06. The molecule has 108 valence electrons. The van der Waals surface area contributed by atoms with Crippen molar-refractivity contribution < 1.29 is 9.47 Å². The Morgan fingerprint density at radius 1 is 1.30 bits per heavy atom. The van der Waals surface area contributed by atoms with E-state index in [1.165, 1.54) is 4.88 Å². The molecule has 2 aromatic rings. The summed E-state index contributed by atoms with van der Waals surface area (Å²) in [4.78, 5) is 1.17. The Kier molecular flexibility index (Phi) is 5.88. The average molecular weight is 356 g/mol. The Morgan fingerprint density at radius 2 is 2.15 bits per heavy atom. The van der Waals surface area contributed by atoms with Crippen molar-refractivity contribution in [2.24, 2.45) is 0 Å². The van der Waals surface area contributed by atoms with Gasteiger partial charge in [0.25, 0.3) is 0 Å². The van der Waals surface area contributed by atoms with Crippen LogP contribution in [0.2, 0.25) is 0 Å². The molecule has 0 fully saturated rings. The molecule has 0 spiro atoms. The van der Waals surface area contributed by atoms with Gasteiger partial charge < -0.3 is 14.8 Å². The summed E-state index contributed by atoms with van der Waals surface area (Å²) in [5.74, 6) is 1.59. The summed E-state index contributed by atoms with van der Waals surface area (Å²) < 4.78 is 12.5. The van der Waals surface area contributed by atoms with Gasteiger partial charge in [-0.05, 0) is 40.0 Å². The molecule has 20 heavy (non-hydrogen) atoms. The van der Waals surface area contributed by atoms with Gasteiger partial charge in [0.1, 0.15) is 6.61 Å². The number of halogens is 1. The van der Waals surface area contributed by atoms with E-state index in [0.29, 0.717) is 6.61 Å². The molecule has 0 aliphatic carbocycles. The molecule has 1 N–H and O–H groups in total. The third-order valence-corrected chi connectivity index (χ3v) is 4.78. The van der Waals surface area contributed by atoms with Crippen molar-refractivity contribution in [3.63, 3.8) is 0 Å². The fourth-order valence-corrected chi connectivity index (χ4v) is 3.23. The minimum Gasteiger partial charge on any atom is -0.493 e. The highest BCUT2D eigenvalue weighted by atomic mass is 79.9. The standard InChI is InChI=1S/C15H18BrNO2S/c1-3-17-9-11-5-4-6-13(18-2)15(11)19-10-14-12(16)7-8-20-14/h4-8,17H,3,9-10H2,1-2H3. The molecule has 0 saturated carbocycles. The van der Waals surface area contributed by atoms with E-state index in [1.807, 2.05) is 23.6 Å². The Morgan fingerprint density at radius 3 is 2.80 bits per heavy atom. The van der Waals surface area contributed by atoms with Crippen LogP contribution in [-0.4, -0.2) is 13.7 Å². The van der Waals surface area contributed by atoms with E-state index in [9.17, 15) is 0 Å².